The van der Waals surface area contributed by atoms with Crippen LogP contribution in [0.3, 0.4) is 0 Å². The van der Waals surface area contributed by atoms with Gasteiger partial charge in [-0.2, -0.15) is 0 Å². The number of pyridine rings is 1. The van der Waals surface area contributed by atoms with Crippen molar-refractivity contribution in [2.45, 2.75) is 11.4 Å². The number of benzene rings is 1. The van der Waals surface area contributed by atoms with E-state index in [1.165, 1.54) is 30.2 Å². The van der Waals surface area contributed by atoms with Crippen molar-refractivity contribution < 1.29 is 14.3 Å². The number of thioether (sulfide) groups is 1. The van der Waals surface area contributed by atoms with Crippen molar-refractivity contribution in [2.24, 2.45) is 0 Å². The summed E-state index contributed by atoms with van der Waals surface area (Å²) < 4.78 is 4.59. The average molecular weight is 373 g/mol. The number of nitrogens with one attached hydrogen (secondary N) is 1. The van der Waals surface area contributed by atoms with Gasteiger partial charge in [0.1, 0.15) is 0 Å². The molecule has 0 saturated carbocycles. The Bertz CT molecular complexity index is 911. The second-order valence-electron chi connectivity index (χ2n) is 5.08. The van der Waals surface area contributed by atoms with Crippen molar-refractivity contribution in [3.63, 3.8) is 0 Å². The standard InChI is InChI=1S/C17H15N3O3S2/c1-23-16(22)8-12-9-25-17(18-12)20-14(21)10-24-15-7-6-11-4-2-3-5-13(11)19-15/h2-7,9H,8,10H2,1H3,(H,18,20,21). The quantitative estimate of drug-likeness (QED) is 0.528. The first-order chi connectivity index (χ1) is 12.1. The highest BCUT2D eigenvalue weighted by Crippen LogP contribution is 2.21. The van der Waals surface area contributed by atoms with Crippen LogP contribution in [-0.2, 0) is 20.7 Å². The Morgan fingerprint density at radius 3 is 2.88 bits per heavy atom. The third-order valence-corrected chi connectivity index (χ3v) is 5.01. The number of hydrogen-bond acceptors (Lipinski definition) is 7. The minimum Gasteiger partial charge on any atom is -0.469 e. The maximum atomic E-state index is 12.1. The first kappa shape index (κ1) is 17.4. The SMILES string of the molecule is COC(=O)Cc1csc(NC(=O)CSc2ccc3ccccc3n2)n1. The number of rotatable bonds is 6. The molecule has 0 unspecified atom stereocenters. The number of methoxy groups -OCH3 is 1. The summed E-state index contributed by atoms with van der Waals surface area (Å²) >= 11 is 2.64. The second kappa shape index (κ2) is 8.09. The van der Waals surface area contributed by atoms with Gasteiger partial charge >= 0.3 is 5.97 Å². The van der Waals surface area contributed by atoms with Crippen molar-refractivity contribution in [1.82, 2.24) is 9.97 Å². The lowest BCUT2D eigenvalue weighted by Crippen LogP contribution is -2.14. The molecule has 0 aliphatic heterocycles. The molecule has 0 atom stereocenters. The van der Waals surface area contributed by atoms with Crippen molar-refractivity contribution in [2.75, 3.05) is 18.2 Å². The fraction of sp³-hybridized carbons (Fsp3) is 0.176. The summed E-state index contributed by atoms with van der Waals surface area (Å²) in [6.07, 6.45) is 0.0959. The van der Waals surface area contributed by atoms with E-state index in [9.17, 15) is 9.59 Å². The number of carbonyl (C=O) groups is 2. The highest BCUT2D eigenvalue weighted by Gasteiger charge is 2.10. The Balaban J connectivity index is 1.54. The molecule has 0 spiro atoms. The molecule has 0 fully saturated rings. The van der Waals surface area contributed by atoms with Gasteiger partial charge in [0.05, 0.1) is 35.5 Å². The number of anilines is 1. The molecule has 2 heterocycles. The minimum atomic E-state index is -0.360. The maximum absolute atomic E-state index is 12.1. The number of esters is 1. The zero-order valence-corrected chi connectivity index (χ0v) is 15.0. The van der Waals surface area contributed by atoms with Gasteiger partial charge in [0.2, 0.25) is 5.91 Å². The van der Waals surface area contributed by atoms with Crippen LogP contribution in [0.2, 0.25) is 0 Å². The predicted molar refractivity (Wildman–Crippen MR) is 98.9 cm³/mol. The molecule has 128 valence electrons. The van der Waals surface area contributed by atoms with Gasteiger partial charge in [-0.25, -0.2) is 9.97 Å². The van der Waals surface area contributed by atoms with E-state index in [2.05, 4.69) is 20.0 Å². The topological polar surface area (TPSA) is 81.2 Å². The highest BCUT2D eigenvalue weighted by molar-refractivity contribution is 7.99. The molecular weight excluding hydrogens is 358 g/mol. The second-order valence-corrected chi connectivity index (χ2v) is 6.93. The van der Waals surface area contributed by atoms with E-state index in [4.69, 9.17) is 0 Å². The van der Waals surface area contributed by atoms with Gasteiger partial charge < -0.3 is 10.1 Å². The van der Waals surface area contributed by atoms with Crippen LogP contribution in [0.1, 0.15) is 5.69 Å². The number of fused-ring (bicyclic) bond motifs is 1. The fourth-order valence-electron chi connectivity index (χ4n) is 2.09. The summed E-state index contributed by atoms with van der Waals surface area (Å²) in [6, 6.07) is 11.7. The number of nitrogens with zero attached hydrogens (tertiary/aromatic N) is 2. The summed E-state index contributed by atoms with van der Waals surface area (Å²) in [5.41, 5.74) is 1.48. The molecule has 1 N–H and O–H groups in total. The van der Waals surface area contributed by atoms with E-state index in [-0.39, 0.29) is 24.1 Å². The van der Waals surface area contributed by atoms with Crippen molar-refractivity contribution >= 4 is 51.0 Å². The molecule has 6 nitrogen and oxygen atoms in total. The zero-order chi connectivity index (χ0) is 17.6. The molecule has 0 saturated heterocycles. The molecule has 8 heteroatoms. The minimum absolute atomic E-state index is 0.0959. The summed E-state index contributed by atoms with van der Waals surface area (Å²) in [5, 5.41) is 6.78. The molecule has 0 radical (unpaired) electrons. The Hall–Kier alpha value is -2.45. The van der Waals surface area contributed by atoms with E-state index >= 15 is 0 Å². The average Bonchev–Trinajstić information content (AvgIpc) is 3.06. The highest BCUT2D eigenvalue weighted by atomic mass is 32.2. The predicted octanol–water partition coefficient (Wildman–Crippen LogP) is 3.14. The van der Waals surface area contributed by atoms with E-state index in [0.717, 1.165) is 15.9 Å². The van der Waals surface area contributed by atoms with Gasteiger partial charge in [-0.3, -0.25) is 9.59 Å². The zero-order valence-electron chi connectivity index (χ0n) is 13.4. The molecule has 1 amide bonds. The lowest BCUT2D eigenvalue weighted by atomic mass is 10.2. The van der Waals surface area contributed by atoms with Crippen LogP contribution in [-0.4, -0.2) is 34.7 Å². The first-order valence-corrected chi connectivity index (χ1v) is 9.30. The van der Waals surface area contributed by atoms with Gasteiger partial charge in [0, 0.05) is 10.8 Å². The Labute approximate surface area is 152 Å². The van der Waals surface area contributed by atoms with Gasteiger partial charge in [0.15, 0.2) is 5.13 Å². The van der Waals surface area contributed by atoms with Gasteiger partial charge in [0.25, 0.3) is 0 Å². The summed E-state index contributed by atoms with van der Waals surface area (Å²) in [7, 11) is 1.33. The summed E-state index contributed by atoms with van der Waals surface area (Å²) in [6.45, 7) is 0. The lowest BCUT2D eigenvalue weighted by Gasteiger charge is -2.03. The smallest absolute Gasteiger partial charge is 0.311 e. The van der Waals surface area contributed by atoms with Crippen LogP contribution in [0.4, 0.5) is 5.13 Å². The molecule has 3 rings (SSSR count). The number of aromatic nitrogens is 2. The molecule has 1 aromatic carbocycles. The number of para-hydroxylation sites is 1. The van der Waals surface area contributed by atoms with Crippen LogP contribution < -0.4 is 5.32 Å². The molecule has 3 aromatic rings. The summed E-state index contributed by atoms with van der Waals surface area (Å²) in [4.78, 5) is 32.0. The number of thiazole rings is 1. The Morgan fingerprint density at radius 2 is 2.04 bits per heavy atom. The fourth-order valence-corrected chi connectivity index (χ4v) is 3.49. The third-order valence-electron chi connectivity index (χ3n) is 3.28. The Kier molecular flexibility index (Phi) is 5.62. The van der Waals surface area contributed by atoms with Crippen molar-refractivity contribution in [3.8, 4) is 0 Å². The van der Waals surface area contributed by atoms with Crippen LogP contribution in [0, 0.1) is 0 Å². The van der Waals surface area contributed by atoms with Crippen LogP contribution in [0.5, 0.6) is 0 Å². The monoisotopic (exact) mass is 373 g/mol. The third kappa shape index (κ3) is 4.77. The Morgan fingerprint density at radius 1 is 1.20 bits per heavy atom. The first-order valence-electron chi connectivity index (χ1n) is 7.44. The number of hydrogen-bond donors (Lipinski definition) is 1. The van der Waals surface area contributed by atoms with Crippen LogP contribution in [0.15, 0.2) is 46.8 Å². The molecule has 25 heavy (non-hydrogen) atoms. The van der Waals surface area contributed by atoms with Crippen LogP contribution in [0.25, 0.3) is 10.9 Å². The molecule has 2 aromatic heterocycles. The van der Waals surface area contributed by atoms with Gasteiger partial charge in [-0.1, -0.05) is 36.0 Å². The number of amides is 1. The van der Waals surface area contributed by atoms with Gasteiger partial charge in [-0.05, 0) is 12.1 Å². The van der Waals surface area contributed by atoms with Crippen molar-refractivity contribution in [3.05, 3.63) is 47.5 Å². The molecule has 0 aliphatic carbocycles. The van der Waals surface area contributed by atoms with E-state index in [1.807, 2.05) is 36.4 Å². The largest absolute Gasteiger partial charge is 0.469 e. The van der Waals surface area contributed by atoms with E-state index in [0.29, 0.717) is 10.8 Å². The normalized spacial score (nSPS) is 10.6. The molecule has 0 aliphatic rings. The van der Waals surface area contributed by atoms with Crippen LogP contribution >= 0.6 is 23.1 Å². The van der Waals surface area contributed by atoms with Crippen molar-refractivity contribution in [1.29, 1.82) is 0 Å². The maximum Gasteiger partial charge on any atom is 0.311 e. The molecular formula is C17H15N3O3S2. The van der Waals surface area contributed by atoms with Gasteiger partial charge in [-0.15, -0.1) is 11.3 Å². The lowest BCUT2D eigenvalue weighted by molar-refractivity contribution is -0.139. The van der Waals surface area contributed by atoms with E-state index in [1.54, 1.807) is 5.38 Å². The van der Waals surface area contributed by atoms with E-state index < -0.39 is 0 Å². The summed E-state index contributed by atoms with van der Waals surface area (Å²) in [5.74, 6) is -0.294. The number of ether oxygens (including phenoxy) is 1. The molecule has 0 bridgehead atoms. The number of carbonyl (C=O) groups excluding carboxylic acids is 2.